The number of nitrogens with zero attached hydrogens (tertiary/aromatic N) is 1. The van der Waals surface area contributed by atoms with Crippen LogP contribution in [0.5, 0.6) is 0 Å². The predicted molar refractivity (Wildman–Crippen MR) is 32.4 cm³/mol. The van der Waals surface area contributed by atoms with Crippen molar-refractivity contribution in [1.82, 2.24) is 0 Å². The van der Waals surface area contributed by atoms with E-state index in [0.29, 0.717) is 6.42 Å². The molecule has 1 unspecified atom stereocenters. The molecular weight excluding hydrogens is 161 g/mol. The van der Waals surface area contributed by atoms with E-state index in [1.54, 1.807) is 17.8 Å². The van der Waals surface area contributed by atoms with Crippen LogP contribution in [-0.4, -0.2) is 18.1 Å². The van der Waals surface area contributed by atoms with Crippen molar-refractivity contribution in [3.8, 4) is 6.07 Å². The van der Waals surface area contributed by atoms with Crippen LogP contribution in [0.4, 0.5) is 0 Å². The van der Waals surface area contributed by atoms with E-state index in [2.05, 4.69) is 0 Å². The Labute approximate surface area is 102 Å². The number of hydrogen-bond donors (Lipinski definition) is 0. The van der Waals surface area contributed by atoms with E-state index >= 15 is 0 Å². The molecule has 0 aromatic rings. The summed E-state index contributed by atoms with van der Waals surface area (Å²) in [5.74, 6) is 0.793. The molecule has 0 radical (unpaired) electrons. The molecule has 9 heavy (non-hydrogen) atoms. The van der Waals surface area contributed by atoms with Crippen LogP contribution >= 0.6 is 11.8 Å². The minimum Gasteiger partial charge on any atom is -0.841 e. The molecule has 0 bridgehead atoms. The molecule has 0 aliphatic heterocycles. The maximum absolute atomic E-state index is 10.3. The summed E-state index contributed by atoms with van der Waals surface area (Å²) in [6.45, 7) is 0. The molecule has 0 fully saturated rings. The molecule has 0 aliphatic carbocycles. The Kier molecular flexibility index (Phi) is 13.7. The van der Waals surface area contributed by atoms with Gasteiger partial charge in [-0.3, -0.25) is 0 Å². The molecule has 2 nitrogen and oxygen atoms in total. The first kappa shape index (κ1) is 13.1. The third-order valence-electron chi connectivity index (χ3n) is 0.728. The molecular formula is C5H8KNOS. The molecule has 0 saturated carbocycles. The van der Waals surface area contributed by atoms with E-state index in [9.17, 15) is 5.11 Å². The average Bonchev–Trinajstić information content (AvgIpc) is 1.83. The minimum absolute atomic E-state index is 0. The second-order valence-corrected chi connectivity index (χ2v) is 2.38. The third kappa shape index (κ3) is 9.44. The molecule has 0 amide bonds. The number of rotatable bonds is 3. The quantitative estimate of drug-likeness (QED) is 0.423. The van der Waals surface area contributed by atoms with Crippen LogP contribution in [0.25, 0.3) is 0 Å². The summed E-state index contributed by atoms with van der Waals surface area (Å²) in [7, 11) is 0. The minimum atomic E-state index is -1.01. The van der Waals surface area contributed by atoms with Gasteiger partial charge in [0.2, 0.25) is 0 Å². The SMILES string of the molecule is CSCCC([O-])C#N.[K+]. The third-order valence-corrected chi connectivity index (χ3v) is 1.37. The summed E-state index contributed by atoms with van der Waals surface area (Å²) < 4.78 is 0. The van der Waals surface area contributed by atoms with E-state index in [1.165, 1.54) is 0 Å². The standard InChI is InChI=1S/C5H8NOS.K/c1-8-3-2-5(7)4-6;/h5H,2-3H2,1H3;/q-1;+1. The van der Waals surface area contributed by atoms with Crippen LogP contribution in [0.1, 0.15) is 6.42 Å². The van der Waals surface area contributed by atoms with Gasteiger partial charge in [0.1, 0.15) is 0 Å². The summed E-state index contributed by atoms with van der Waals surface area (Å²) in [5.41, 5.74) is 0. The van der Waals surface area contributed by atoms with E-state index in [-0.39, 0.29) is 51.4 Å². The van der Waals surface area contributed by atoms with Crippen molar-refractivity contribution in [3.63, 3.8) is 0 Å². The van der Waals surface area contributed by atoms with Crippen LogP contribution in [0.3, 0.4) is 0 Å². The summed E-state index contributed by atoms with van der Waals surface area (Å²) in [4.78, 5) is 0. The molecule has 0 heterocycles. The number of hydrogen-bond acceptors (Lipinski definition) is 3. The van der Waals surface area contributed by atoms with Gasteiger partial charge in [0.25, 0.3) is 0 Å². The van der Waals surface area contributed by atoms with Gasteiger partial charge in [-0.1, -0.05) is 0 Å². The van der Waals surface area contributed by atoms with Crippen molar-refractivity contribution in [1.29, 1.82) is 5.26 Å². The predicted octanol–water partition coefficient (Wildman–Crippen LogP) is -3.00. The summed E-state index contributed by atoms with van der Waals surface area (Å²) in [5, 5.41) is 18.3. The Balaban J connectivity index is 0. The molecule has 0 aliphatic rings. The Bertz CT molecular complexity index is 93.4. The Morgan fingerprint density at radius 1 is 1.78 bits per heavy atom. The molecule has 0 spiro atoms. The molecule has 0 aromatic heterocycles. The van der Waals surface area contributed by atoms with Crippen LogP contribution in [-0.2, 0) is 0 Å². The van der Waals surface area contributed by atoms with Gasteiger partial charge in [-0.25, -0.2) is 0 Å². The Hall–Kier alpha value is 1.44. The van der Waals surface area contributed by atoms with Gasteiger partial charge < -0.3 is 5.11 Å². The average molecular weight is 169 g/mol. The monoisotopic (exact) mass is 169 g/mol. The molecule has 4 heteroatoms. The van der Waals surface area contributed by atoms with Gasteiger partial charge in [-0.15, -0.1) is 0 Å². The van der Waals surface area contributed by atoms with E-state index < -0.39 is 6.10 Å². The van der Waals surface area contributed by atoms with Crippen LogP contribution in [0, 0.1) is 11.3 Å². The van der Waals surface area contributed by atoms with Crippen molar-refractivity contribution in [2.45, 2.75) is 12.5 Å². The van der Waals surface area contributed by atoms with E-state index in [1.807, 2.05) is 6.26 Å². The van der Waals surface area contributed by atoms with E-state index in [4.69, 9.17) is 5.26 Å². The van der Waals surface area contributed by atoms with Gasteiger partial charge in [0.05, 0.1) is 0 Å². The van der Waals surface area contributed by atoms with Crippen LogP contribution in [0.15, 0.2) is 0 Å². The second kappa shape index (κ2) is 9.44. The topological polar surface area (TPSA) is 46.8 Å². The zero-order valence-electron chi connectivity index (χ0n) is 5.76. The Morgan fingerprint density at radius 2 is 2.33 bits per heavy atom. The molecule has 0 aromatic carbocycles. The van der Waals surface area contributed by atoms with Crippen molar-refractivity contribution in [3.05, 3.63) is 0 Å². The van der Waals surface area contributed by atoms with Crippen molar-refractivity contribution >= 4 is 11.8 Å². The smallest absolute Gasteiger partial charge is 0.841 e. The molecule has 46 valence electrons. The van der Waals surface area contributed by atoms with Crippen molar-refractivity contribution in [2.24, 2.45) is 0 Å². The number of thioether (sulfide) groups is 1. The fourth-order valence-electron chi connectivity index (χ4n) is 0.289. The zero-order chi connectivity index (χ0) is 6.41. The maximum Gasteiger partial charge on any atom is 1.00 e. The number of nitriles is 1. The van der Waals surface area contributed by atoms with Gasteiger partial charge in [-0.05, 0) is 24.5 Å². The molecule has 1 atom stereocenters. The first-order valence-electron chi connectivity index (χ1n) is 2.35. The zero-order valence-corrected chi connectivity index (χ0v) is 9.69. The van der Waals surface area contributed by atoms with Gasteiger partial charge >= 0.3 is 51.4 Å². The summed E-state index contributed by atoms with van der Waals surface area (Å²) in [6, 6.07) is 1.63. The van der Waals surface area contributed by atoms with Gasteiger partial charge in [-0.2, -0.15) is 17.0 Å². The normalized spacial score (nSPS) is 11.2. The van der Waals surface area contributed by atoms with Crippen LogP contribution < -0.4 is 56.5 Å². The summed E-state index contributed by atoms with van der Waals surface area (Å²) >= 11 is 1.59. The second-order valence-electron chi connectivity index (χ2n) is 1.40. The maximum atomic E-state index is 10.3. The van der Waals surface area contributed by atoms with Crippen molar-refractivity contribution in [2.75, 3.05) is 12.0 Å². The first-order valence-corrected chi connectivity index (χ1v) is 3.75. The molecule has 0 N–H and O–H groups in total. The van der Waals surface area contributed by atoms with E-state index in [0.717, 1.165) is 5.75 Å². The summed E-state index contributed by atoms with van der Waals surface area (Å²) in [6.07, 6.45) is 1.38. The first-order chi connectivity index (χ1) is 3.81. The molecule has 0 rings (SSSR count). The van der Waals surface area contributed by atoms with Crippen molar-refractivity contribution < 1.29 is 56.5 Å². The van der Waals surface area contributed by atoms with Gasteiger partial charge in [0.15, 0.2) is 0 Å². The molecule has 0 saturated heterocycles. The fraction of sp³-hybridized carbons (Fsp3) is 0.800. The van der Waals surface area contributed by atoms with Gasteiger partial charge in [0, 0.05) is 6.07 Å². The fourth-order valence-corrected chi connectivity index (χ4v) is 0.739. The van der Waals surface area contributed by atoms with Crippen LogP contribution in [0.2, 0.25) is 0 Å². The largest absolute Gasteiger partial charge is 1.00 e. The Morgan fingerprint density at radius 3 is 2.67 bits per heavy atom.